The molecule has 0 saturated carbocycles. The third-order valence-corrected chi connectivity index (χ3v) is 2.27. The molecular weight excluding hydrogens is 238 g/mol. The van der Waals surface area contributed by atoms with Crippen molar-refractivity contribution in [3.05, 3.63) is 0 Å². The maximum absolute atomic E-state index is 11.3. The van der Waals surface area contributed by atoms with Gasteiger partial charge in [-0.2, -0.15) is 5.48 Å². The van der Waals surface area contributed by atoms with Crippen molar-refractivity contribution < 1.29 is 24.3 Å². The number of hydrogen-bond acceptors (Lipinski definition) is 4. The van der Waals surface area contributed by atoms with Gasteiger partial charge in [-0.15, -0.1) is 0 Å². The summed E-state index contributed by atoms with van der Waals surface area (Å²) in [5.74, 6) is -0.905. The van der Waals surface area contributed by atoms with Crippen LogP contribution < -0.4 is 5.48 Å². The number of ether oxygens (including phenoxy) is 1. The zero-order valence-corrected chi connectivity index (χ0v) is 11.6. The number of hydroxylamine groups is 1. The molecule has 0 aliphatic rings. The van der Waals surface area contributed by atoms with Crippen molar-refractivity contribution in [2.75, 3.05) is 0 Å². The summed E-state index contributed by atoms with van der Waals surface area (Å²) in [5, 5.41) is 8.95. The van der Waals surface area contributed by atoms with Gasteiger partial charge in [-0.05, 0) is 33.1 Å². The van der Waals surface area contributed by atoms with Gasteiger partial charge in [0.15, 0.2) is 6.10 Å². The van der Waals surface area contributed by atoms with Crippen molar-refractivity contribution in [2.45, 2.75) is 59.2 Å². The topological polar surface area (TPSA) is 84.9 Å². The Balaban J connectivity index is 4.20. The van der Waals surface area contributed by atoms with E-state index in [2.05, 4.69) is 0 Å². The highest BCUT2D eigenvalue weighted by Crippen LogP contribution is 2.12. The van der Waals surface area contributed by atoms with E-state index in [-0.39, 0.29) is 5.92 Å². The average Bonchev–Trinajstić information content (AvgIpc) is 2.20. The van der Waals surface area contributed by atoms with E-state index in [0.717, 1.165) is 6.42 Å². The second kappa shape index (κ2) is 7.20. The molecule has 0 aliphatic heterocycles. The second-order valence-corrected chi connectivity index (χ2v) is 5.30. The van der Waals surface area contributed by atoms with Crippen LogP contribution in [0, 0.1) is 5.92 Å². The molecule has 0 bridgehead atoms. The van der Waals surface area contributed by atoms with Crippen molar-refractivity contribution in [3.63, 3.8) is 0 Å². The molecule has 6 heteroatoms. The number of aliphatic carboxylic acids is 1. The normalized spacial score (nSPS) is 14.7. The molecule has 2 atom stereocenters. The van der Waals surface area contributed by atoms with E-state index >= 15 is 0 Å². The maximum atomic E-state index is 11.3. The second-order valence-electron chi connectivity index (χ2n) is 5.30. The first-order valence-corrected chi connectivity index (χ1v) is 6.03. The van der Waals surface area contributed by atoms with Crippen LogP contribution in [0.3, 0.4) is 0 Å². The van der Waals surface area contributed by atoms with Gasteiger partial charge in [0.25, 0.3) is 0 Å². The lowest BCUT2D eigenvalue weighted by Gasteiger charge is -2.21. The summed E-state index contributed by atoms with van der Waals surface area (Å²) < 4.78 is 4.93. The van der Waals surface area contributed by atoms with Crippen LogP contribution in [0.1, 0.15) is 47.5 Å². The number of amides is 1. The zero-order chi connectivity index (χ0) is 14.3. The SMILES string of the molecule is CC[C@H](C)C[C@@H](ONC(=O)OC(C)(C)C)C(=O)O. The van der Waals surface area contributed by atoms with E-state index < -0.39 is 23.8 Å². The Labute approximate surface area is 108 Å². The lowest BCUT2D eigenvalue weighted by Crippen LogP contribution is -2.38. The predicted molar refractivity (Wildman–Crippen MR) is 66.0 cm³/mol. The first-order valence-electron chi connectivity index (χ1n) is 6.03. The van der Waals surface area contributed by atoms with Crippen LogP contribution in [0.25, 0.3) is 0 Å². The Bertz CT molecular complexity index is 285. The number of carboxylic acids is 1. The van der Waals surface area contributed by atoms with Crippen molar-refractivity contribution in [2.24, 2.45) is 5.92 Å². The van der Waals surface area contributed by atoms with Gasteiger partial charge in [-0.3, -0.25) is 4.84 Å². The Hall–Kier alpha value is -1.30. The van der Waals surface area contributed by atoms with Gasteiger partial charge in [0, 0.05) is 0 Å². The van der Waals surface area contributed by atoms with Gasteiger partial charge in [0.1, 0.15) is 5.60 Å². The lowest BCUT2D eigenvalue weighted by atomic mass is 10.0. The monoisotopic (exact) mass is 261 g/mol. The molecule has 0 aliphatic carbocycles. The molecule has 0 heterocycles. The number of rotatable bonds is 6. The molecule has 1 amide bonds. The van der Waals surface area contributed by atoms with Gasteiger partial charge < -0.3 is 9.84 Å². The number of nitrogens with one attached hydrogen (secondary N) is 1. The zero-order valence-electron chi connectivity index (χ0n) is 11.6. The highest BCUT2D eigenvalue weighted by molar-refractivity contribution is 5.73. The van der Waals surface area contributed by atoms with Crippen molar-refractivity contribution in [1.82, 2.24) is 5.48 Å². The summed E-state index contributed by atoms with van der Waals surface area (Å²) in [6.45, 7) is 9.01. The van der Waals surface area contributed by atoms with E-state index in [1.807, 2.05) is 19.3 Å². The average molecular weight is 261 g/mol. The Morgan fingerprint density at radius 3 is 2.28 bits per heavy atom. The molecule has 0 fully saturated rings. The minimum atomic E-state index is -1.11. The van der Waals surface area contributed by atoms with E-state index in [9.17, 15) is 9.59 Å². The molecule has 0 rings (SSSR count). The van der Waals surface area contributed by atoms with E-state index in [1.54, 1.807) is 20.8 Å². The van der Waals surface area contributed by atoms with Gasteiger partial charge in [0.2, 0.25) is 0 Å². The molecule has 0 saturated heterocycles. The minimum Gasteiger partial charge on any atom is -0.479 e. The fourth-order valence-electron chi connectivity index (χ4n) is 1.15. The van der Waals surface area contributed by atoms with Crippen molar-refractivity contribution >= 4 is 12.1 Å². The smallest absolute Gasteiger partial charge is 0.431 e. The Kier molecular flexibility index (Phi) is 6.68. The maximum Gasteiger partial charge on any atom is 0.431 e. The Morgan fingerprint density at radius 1 is 1.33 bits per heavy atom. The van der Waals surface area contributed by atoms with Gasteiger partial charge in [0.05, 0.1) is 0 Å². The standard InChI is InChI=1S/C12H23NO5/c1-6-8(2)7-9(10(14)15)18-13-11(16)17-12(3,4)5/h8-9H,6-7H2,1-5H3,(H,13,16)(H,14,15)/t8-,9+/m0/s1. The van der Waals surface area contributed by atoms with E-state index in [4.69, 9.17) is 14.7 Å². The van der Waals surface area contributed by atoms with Gasteiger partial charge in [-0.25, -0.2) is 9.59 Å². The third-order valence-electron chi connectivity index (χ3n) is 2.27. The van der Waals surface area contributed by atoms with Crippen LogP contribution in [0.4, 0.5) is 4.79 Å². The molecule has 2 N–H and O–H groups in total. The highest BCUT2D eigenvalue weighted by Gasteiger charge is 2.23. The van der Waals surface area contributed by atoms with E-state index in [0.29, 0.717) is 6.42 Å². The number of carboxylic acid groups (broad SMARTS) is 1. The first-order chi connectivity index (χ1) is 8.15. The Morgan fingerprint density at radius 2 is 1.89 bits per heavy atom. The fraction of sp³-hybridized carbons (Fsp3) is 0.833. The largest absolute Gasteiger partial charge is 0.479 e. The molecule has 0 spiro atoms. The van der Waals surface area contributed by atoms with Crippen molar-refractivity contribution in [1.29, 1.82) is 0 Å². The summed E-state index contributed by atoms with van der Waals surface area (Å²) in [6.07, 6.45) is -0.674. The molecule has 0 aromatic carbocycles. The molecule has 106 valence electrons. The summed E-state index contributed by atoms with van der Waals surface area (Å²) >= 11 is 0. The summed E-state index contributed by atoms with van der Waals surface area (Å²) in [7, 11) is 0. The number of carbonyl (C=O) groups is 2. The molecule has 0 aromatic heterocycles. The van der Waals surface area contributed by atoms with Crippen LogP contribution in [0.5, 0.6) is 0 Å². The fourth-order valence-corrected chi connectivity index (χ4v) is 1.15. The first kappa shape index (κ1) is 16.7. The predicted octanol–water partition coefficient (Wildman–Crippen LogP) is 2.33. The lowest BCUT2D eigenvalue weighted by molar-refractivity contribution is -0.156. The highest BCUT2D eigenvalue weighted by atomic mass is 16.7. The quantitative estimate of drug-likeness (QED) is 0.717. The minimum absolute atomic E-state index is 0.200. The molecular formula is C12H23NO5. The number of hydrogen-bond donors (Lipinski definition) is 2. The van der Waals surface area contributed by atoms with Gasteiger partial charge >= 0.3 is 12.1 Å². The van der Waals surface area contributed by atoms with Crippen molar-refractivity contribution in [3.8, 4) is 0 Å². The van der Waals surface area contributed by atoms with Crippen LogP contribution in [-0.2, 0) is 14.4 Å². The molecule has 0 radical (unpaired) electrons. The third kappa shape index (κ3) is 7.89. The molecule has 6 nitrogen and oxygen atoms in total. The van der Waals surface area contributed by atoms with Crippen LogP contribution in [0.15, 0.2) is 0 Å². The number of carbonyl (C=O) groups excluding carboxylic acids is 1. The van der Waals surface area contributed by atoms with E-state index in [1.165, 1.54) is 0 Å². The summed E-state index contributed by atoms with van der Waals surface area (Å²) in [6, 6.07) is 0. The molecule has 0 aromatic rings. The van der Waals surface area contributed by atoms with Gasteiger partial charge in [-0.1, -0.05) is 20.3 Å². The van der Waals surface area contributed by atoms with Crippen LogP contribution >= 0.6 is 0 Å². The summed E-state index contributed by atoms with van der Waals surface area (Å²) in [4.78, 5) is 27.1. The molecule has 0 unspecified atom stereocenters. The van der Waals surface area contributed by atoms with Crippen LogP contribution in [0.2, 0.25) is 0 Å². The van der Waals surface area contributed by atoms with Crippen LogP contribution in [-0.4, -0.2) is 28.9 Å². The molecule has 18 heavy (non-hydrogen) atoms. The summed E-state index contributed by atoms with van der Waals surface area (Å²) in [5.41, 5.74) is 1.36.